The molecule has 2 amide bonds. The van der Waals surface area contributed by atoms with Crippen LogP contribution in [0.2, 0.25) is 5.02 Å². The SMILES string of the molecule is O=C(Nc1cccc(NC(=O)c2ccccc2)c1Cl)c1ccccc1. The highest BCUT2D eigenvalue weighted by Gasteiger charge is 2.13. The lowest BCUT2D eigenvalue weighted by molar-refractivity contribution is 0.101. The van der Waals surface area contributed by atoms with E-state index in [-0.39, 0.29) is 16.8 Å². The molecule has 0 saturated heterocycles. The van der Waals surface area contributed by atoms with E-state index in [0.717, 1.165) is 0 Å². The number of halogens is 1. The third-order valence-electron chi connectivity index (χ3n) is 3.57. The smallest absolute Gasteiger partial charge is 0.255 e. The lowest BCUT2D eigenvalue weighted by Crippen LogP contribution is -2.14. The number of carbonyl (C=O) groups is 2. The molecule has 0 unspecified atom stereocenters. The van der Waals surface area contributed by atoms with E-state index < -0.39 is 0 Å². The molecule has 0 aliphatic carbocycles. The molecule has 3 aromatic rings. The second kappa shape index (κ2) is 7.64. The Bertz CT molecular complexity index is 824. The van der Waals surface area contributed by atoms with Crippen molar-refractivity contribution in [3.8, 4) is 0 Å². The topological polar surface area (TPSA) is 58.2 Å². The molecule has 0 aliphatic rings. The molecule has 4 nitrogen and oxygen atoms in total. The van der Waals surface area contributed by atoms with E-state index in [0.29, 0.717) is 22.5 Å². The van der Waals surface area contributed by atoms with Crippen LogP contribution < -0.4 is 10.6 Å². The molecule has 0 bridgehead atoms. The Morgan fingerprint density at radius 1 is 0.600 bits per heavy atom. The molecule has 0 aromatic heterocycles. The van der Waals surface area contributed by atoms with Crippen molar-refractivity contribution in [1.82, 2.24) is 0 Å². The minimum Gasteiger partial charge on any atom is -0.321 e. The standard InChI is InChI=1S/C20H15ClN2O2/c21-18-16(22-19(24)14-8-3-1-4-9-14)12-7-13-17(18)23-20(25)15-10-5-2-6-11-15/h1-13H,(H,22,24)(H,23,25). The van der Waals surface area contributed by atoms with E-state index in [4.69, 9.17) is 11.6 Å². The second-order valence-electron chi connectivity index (χ2n) is 5.31. The summed E-state index contributed by atoms with van der Waals surface area (Å²) in [6.45, 7) is 0. The molecule has 124 valence electrons. The Hall–Kier alpha value is -3.11. The van der Waals surface area contributed by atoms with E-state index in [2.05, 4.69) is 10.6 Å². The zero-order valence-electron chi connectivity index (χ0n) is 13.2. The van der Waals surface area contributed by atoms with Crippen molar-refractivity contribution in [2.75, 3.05) is 10.6 Å². The van der Waals surface area contributed by atoms with Crippen molar-refractivity contribution in [2.45, 2.75) is 0 Å². The summed E-state index contributed by atoms with van der Waals surface area (Å²) >= 11 is 6.34. The summed E-state index contributed by atoms with van der Waals surface area (Å²) < 4.78 is 0. The van der Waals surface area contributed by atoms with E-state index in [1.165, 1.54) is 0 Å². The fraction of sp³-hybridized carbons (Fsp3) is 0. The summed E-state index contributed by atoms with van der Waals surface area (Å²) in [6, 6.07) is 22.7. The van der Waals surface area contributed by atoms with Crippen molar-refractivity contribution < 1.29 is 9.59 Å². The molecule has 0 radical (unpaired) electrons. The number of hydrogen-bond donors (Lipinski definition) is 2. The maximum Gasteiger partial charge on any atom is 0.255 e. The van der Waals surface area contributed by atoms with Crippen LogP contribution in [0.15, 0.2) is 78.9 Å². The van der Waals surface area contributed by atoms with E-state index >= 15 is 0 Å². The van der Waals surface area contributed by atoms with Crippen molar-refractivity contribution in [2.24, 2.45) is 0 Å². The molecule has 3 rings (SSSR count). The van der Waals surface area contributed by atoms with Crippen molar-refractivity contribution in [3.63, 3.8) is 0 Å². The fourth-order valence-corrected chi connectivity index (χ4v) is 2.51. The highest BCUT2D eigenvalue weighted by molar-refractivity contribution is 6.37. The first-order valence-electron chi connectivity index (χ1n) is 7.66. The van der Waals surface area contributed by atoms with Gasteiger partial charge in [-0.2, -0.15) is 0 Å². The highest BCUT2D eigenvalue weighted by Crippen LogP contribution is 2.30. The minimum absolute atomic E-state index is 0.269. The van der Waals surface area contributed by atoms with Gasteiger partial charge in [-0.05, 0) is 36.4 Å². The van der Waals surface area contributed by atoms with Gasteiger partial charge in [-0.3, -0.25) is 9.59 Å². The molecule has 0 atom stereocenters. The number of hydrogen-bond acceptors (Lipinski definition) is 2. The Balaban J connectivity index is 1.78. The van der Waals surface area contributed by atoms with Gasteiger partial charge in [-0.25, -0.2) is 0 Å². The van der Waals surface area contributed by atoms with Crippen LogP contribution in [0.25, 0.3) is 0 Å². The molecular formula is C20H15ClN2O2. The maximum absolute atomic E-state index is 12.3. The molecule has 0 fully saturated rings. The van der Waals surface area contributed by atoms with Gasteiger partial charge < -0.3 is 10.6 Å². The first-order valence-corrected chi connectivity index (χ1v) is 8.04. The monoisotopic (exact) mass is 350 g/mol. The van der Waals surface area contributed by atoms with Crippen LogP contribution in [0.1, 0.15) is 20.7 Å². The normalized spacial score (nSPS) is 10.1. The molecule has 0 spiro atoms. The van der Waals surface area contributed by atoms with E-state index in [9.17, 15) is 9.59 Å². The van der Waals surface area contributed by atoms with Gasteiger partial charge in [0.05, 0.1) is 16.4 Å². The number of anilines is 2. The zero-order chi connectivity index (χ0) is 17.6. The van der Waals surface area contributed by atoms with Crippen molar-refractivity contribution >= 4 is 34.8 Å². The van der Waals surface area contributed by atoms with Crippen molar-refractivity contribution in [3.05, 3.63) is 95.0 Å². The van der Waals surface area contributed by atoms with Gasteiger partial charge in [0.1, 0.15) is 0 Å². The van der Waals surface area contributed by atoms with Crippen LogP contribution in [-0.4, -0.2) is 11.8 Å². The van der Waals surface area contributed by atoms with Crippen LogP contribution >= 0.6 is 11.6 Å². The van der Waals surface area contributed by atoms with Gasteiger partial charge in [0.15, 0.2) is 0 Å². The predicted molar refractivity (Wildman–Crippen MR) is 100 cm³/mol. The number of rotatable bonds is 4. The quantitative estimate of drug-likeness (QED) is 0.707. The van der Waals surface area contributed by atoms with E-state index in [1.807, 2.05) is 12.1 Å². The molecule has 25 heavy (non-hydrogen) atoms. The predicted octanol–water partition coefficient (Wildman–Crippen LogP) is 4.84. The average molecular weight is 351 g/mol. The fourth-order valence-electron chi connectivity index (χ4n) is 2.29. The molecule has 5 heteroatoms. The van der Waals surface area contributed by atoms with Crippen LogP contribution in [0, 0.1) is 0 Å². The first-order chi connectivity index (χ1) is 12.1. The van der Waals surface area contributed by atoms with Gasteiger partial charge >= 0.3 is 0 Å². The molecule has 2 N–H and O–H groups in total. The third kappa shape index (κ3) is 4.05. The first kappa shape index (κ1) is 16.7. The highest BCUT2D eigenvalue weighted by atomic mass is 35.5. The van der Waals surface area contributed by atoms with Crippen LogP contribution in [0.3, 0.4) is 0 Å². The Morgan fingerprint density at radius 3 is 1.40 bits per heavy atom. The molecular weight excluding hydrogens is 336 g/mol. The van der Waals surface area contributed by atoms with Gasteiger partial charge in [0.25, 0.3) is 11.8 Å². The largest absolute Gasteiger partial charge is 0.321 e. The average Bonchev–Trinajstić information content (AvgIpc) is 2.66. The molecule has 0 heterocycles. The van der Waals surface area contributed by atoms with Crippen LogP contribution in [0.4, 0.5) is 11.4 Å². The van der Waals surface area contributed by atoms with Gasteiger partial charge in [0, 0.05) is 11.1 Å². The summed E-state index contributed by atoms with van der Waals surface area (Å²) in [5, 5.41) is 5.79. The Labute approximate surface area is 150 Å². The summed E-state index contributed by atoms with van der Waals surface area (Å²) in [4.78, 5) is 24.5. The molecule has 0 saturated carbocycles. The number of carbonyl (C=O) groups excluding carboxylic acids is 2. The zero-order valence-corrected chi connectivity index (χ0v) is 14.0. The minimum atomic E-state index is -0.269. The van der Waals surface area contributed by atoms with Gasteiger partial charge in [0.2, 0.25) is 0 Å². The third-order valence-corrected chi connectivity index (χ3v) is 3.97. The number of amides is 2. The summed E-state index contributed by atoms with van der Waals surface area (Å²) in [5.74, 6) is -0.539. The summed E-state index contributed by atoms with van der Waals surface area (Å²) in [5.41, 5.74) is 1.91. The van der Waals surface area contributed by atoms with Gasteiger partial charge in [-0.1, -0.05) is 54.1 Å². The number of benzene rings is 3. The Kier molecular flexibility index (Phi) is 5.11. The van der Waals surface area contributed by atoms with E-state index in [1.54, 1.807) is 66.7 Å². The van der Waals surface area contributed by atoms with Crippen LogP contribution in [0.5, 0.6) is 0 Å². The summed E-state index contributed by atoms with van der Waals surface area (Å²) in [7, 11) is 0. The maximum atomic E-state index is 12.3. The van der Waals surface area contributed by atoms with Crippen molar-refractivity contribution in [1.29, 1.82) is 0 Å². The lowest BCUT2D eigenvalue weighted by atomic mass is 10.2. The lowest BCUT2D eigenvalue weighted by Gasteiger charge is -2.12. The Morgan fingerprint density at radius 2 is 1.00 bits per heavy atom. The number of nitrogens with one attached hydrogen (secondary N) is 2. The summed E-state index contributed by atoms with van der Waals surface area (Å²) in [6.07, 6.45) is 0. The van der Waals surface area contributed by atoms with Gasteiger partial charge in [-0.15, -0.1) is 0 Å². The molecule has 3 aromatic carbocycles. The second-order valence-corrected chi connectivity index (χ2v) is 5.69. The molecule has 0 aliphatic heterocycles. The van der Waals surface area contributed by atoms with Crippen LogP contribution in [-0.2, 0) is 0 Å².